The van der Waals surface area contributed by atoms with Crippen LogP contribution in [0.25, 0.3) is 44.5 Å². The normalized spacial score (nSPS) is 20.8. The molecule has 1 aliphatic carbocycles. The van der Waals surface area contributed by atoms with Gasteiger partial charge in [0, 0.05) is 58.8 Å². The first-order valence-electron chi connectivity index (χ1n) is 17.3. The Morgan fingerprint density at radius 1 is 0.735 bits per heavy atom. The van der Waals surface area contributed by atoms with Gasteiger partial charge < -0.3 is 4.74 Å². The Bertz CT molecular complexity index is 2290. The van der Waals surface area contributed by atoms with Crippen molar-refractivity contribution in [2.75, 3.05) is 13.2 Å². The van der Waals surface area contributed by atoms with Crippen LogP contribution < -0.4 is 0 Å². The smallest absolute Gasteiger partial charge is 0.269 e. The quantitative estimate of drug-likeness (QED) is 0.170. The van der Waals surface area contributed by atoms with E-state index in [2.05, 4.69) is 59.3 Å². The van der Waals surface area contributed by atoms with E-state index in [-0.39, 0.29) is 4.90 Å². The summed E-state index contributed by atoms with van der Waals surface area (Å²) in [5, 5.41) is 0.792. The lowest BCUT2D eigenvalue weighted by Gasteiger charge is -2.56. The zero-order chi connectivity index (χ0) is 33.1. The lowest BCUT2D eigenvalue weighted by Crippen LogP contribution is -2.66. The van der Waals surface area contributed by atoms with Crippen LogP contribution in [0.2, 0.25) is 0 Å². The summed E-state index contributed by atoms with van der Waals surface area (Å²) in [5.41, 5.74) is 10.1. The molecule has 2 aliphatic heterocycles. The Morgan fingerprint density at radius 3 is 2.22 bits per heavy atom. The number of morpholine rings is 1. The van der Waals surface area contributed by atoms with E-state index in [0.29, 0.717) is 23.8 Å². The number of aryl methyl sites for hydroxylation is 3. The summed E-state index contributed by atoms with van der Waals surface area (Å²) >= 11 is 0. The maximum absolute atomic E-state index is 14.0. The zero-order valence-electron chi connectivity index (χ0n) is 27.5. The predicted octanol–water partition coefficient (Wildman–Crippen LogP) is 7.70. The number of fused-ring (bicyclic) bond motifs is 4. The molecule has 2 saturated heterocycles. The van der Waals surface area contributed by atoms with Crippen molar-refractivity contribution in [3.63, 3.8) is 0 Å². The van der Waals surface area contributed by atoms with Gasteiger partial charge in [0.2, 0.25) is 0 Å². The molecule has 0 N–H and O–H groups in total. The maximum Gasteiger partial charge on any atom is 0.269 e. The first-order valence-corrected chi connectivity index (χ1v) is 18.7. The molecule has 2 bridgehead atoms. The molecule has 3 aromatic carbocycles. The van der Waals surface area contributed by atoms with E-state index < -0.39 is 10.0 Å². The van der Waals surface area contributed by atoms with Gasteiger partial charge >= 0.3 is 0 Å². The fourth-order valence-corrected chi connectivity index (χ4v) is 9.63. The summed E-state index contributed by atoms with van der Waals surface area (Å²) in [6.45, 7) is 3.81. The van der Waals surface area contributed by atoms with Gasteiger partial charge in [-0.25, -0.2) is 17.4 Å². The van der Waals surface area contributed by atoms with Gasteiger partial charge in [0.25, 0.3) is 10.0 Å². The lowest BCUT2D eigenvalue weighted by molar-refractivity contribution is -0.148. The zero-order valence-corrected chi connectivity index (χ0v) is 28.3. The second-order valence-electron chi connectivity index (χ2n) is 13.7. The van der Waals surface area contributed by atoms with Gasteiger partial charge in [0.05, 0.1) is 23.8 Å². The van der Waals surface area contributed by atoms with Crippen molar-refractivity contribution in [3.05, 3.63) is 126 Å². The molecule has 246 valence electrons. The maximum atomic E-state index is 14.0. The summed E-state index contributed by atoms with van der Waals surface area (Å²) in [4.78, 5) is 12.4. The molecule has 49 heavy (non-hydrogen) atoms. The number of rotatable bonds is 6. The summed E-state index contributed by atoms with van der Waals surface area (Å²) in [5.74, 6) is 0. The van der Waals surface area contributed by atoms with E-state index in [1.165, 1.54) is 34.4 Å². The molecule has 7 nitrogen and oxygen atoms in total. The molecule has 3 aliphatic rings. The van der Waals surface area contributed by atoms with Crippen LogP contribution in [0.15, 0.2) is 114 Å². The highest BCUT2D eigenvalue weighted by molar-refractivity contribution is 7.90. The minimum absolute atomic E-state index is 0.226. The number of aromatic nitrogens is 3. The fourth-order valence-electron chi connectivity index (χ4n) is 8.28. The minimum atomic E-state index is -3.89. The molecule has 9 rings (SSSR count). The Hall–Kier alpha value is -4.63. The highest BCUT2D eigenvalue weighted by atomic mass is 32.2. The van der Waals surface area contributed by atoms with Crippen LogP contribution in [0.5, 0.6) is 0 Å². The molecule has 0 saturated carbocycles. The molecule has 8 heteroatoms. The second-order valence-corrected chi connectivity index (χ2v) is 15.6. The van der Waals surface area contributed by atoms with Gasteiger partial charge in [-0.2, -0.15) is 0 Å². The summed E-state index contributed by atoms with van der Waals surface area (Å²) in [6.07, 6.45) is 11.1. The highest BCUT2D eigenvalue weighted by Crippen LogP contribution is 2.39. The van der Waals surface area contributed by atoms with Crippen molar-refractivity contribution >= 4 is 21.1 Å². The number of pyridine rings is 2. The molecule has 3 unspecified atom stereocenters. The first kappa shape index (κ1) is 30.4. The molecule has 0 amide bonds. The standard InChI is InChI=1S/C41H38N4O3S/c1-27-6-5-19-42-40(27)30-12-10-29(11-13-30)39-24-44(49(46,47)37-7-3-2-4-8-37)41-38(39)21-33(23-43-41)32-14-9-28-15-17-34(18-16-31(28)20-32)45-35-22-36(45)26-48-25-35/h2-14,19-21,23-24,34-36H,15-18,22,25-26H2,1H3. The SMILES string of the molecule is Cc1cccnc1-c1ccc(-c2cn(S(=O)(=O)c3ccccc3)c3ncc(-c4ccc5c(c4)CCC(N4C6COCC4C6)CC5)cc23)cc1. The molecular formula is C41H38N4O3S. The van der Waals surface area contributed by atoms with Gasteiger partial charge in [-0.3, -0.25) is 9.88 Å². The van der Waals surface area contributed by atoms with Gasteiger partial charge in [0.15, 0.2) is 5.65 Å². The third-order valence-corrected chi connectivity index (χ3v) is 12.5. The van der Waals surface area contributed by atoms with Crippen molar-refractivity contribution in [1.29, 1.82) is 0 Å². The first-order chi connectivity index (χ1) is 23.9. The molecule has 3 atom stereocenters. The van der Waals surface area contributed by atoms with Crippen molar-refractivity contribution in [2.24, 2.45) is 0 Å². The summed E-state index contributed by atoms with van der Waals surface area (Å²) < 4.78 is 35.1. The Labute approximate surface area is 287 Å². The lowest BCUT2D eigenvalue weighted by atomic mass is 9.87. The fraction of sp³-hybridized carbons (Fsp3) is 0.268. The summed E-state index contributed by atoms with van der Waals surface area (Å²) in [6, 6.07) is 31.5. The number of hydrogen-bond acceptors (Lipinski definition) is 6. The van der Waals surface area contributed by atoms with Crippen LogP contribution in [0.1, 0.15) is 36.0 Å². The van der Waals surface area contributed by atoms with Gasteiger partial charge in [-0.1, -0.05) is 66.7 Å². The van der Waals surface area contributed by atoms with Crippen LogP contribution >= 0.6 is 0 Å². The van der Waals surface area contributed by atoms with E-state index in [4.69, 9.17) is 9.72 Å². The van der Waals surface area contributed by atoms with Crippen LogP contribution in [0.4, 0.5) is 0 Å². The van der Waals surface area contributed by atoms with E-state index in [1.807, 2.05) is 30.5 Å². The van der Waals surface area contributed by atoms with Crippen molar-refractivity contribution in [1.82, 2.24) is 18.8 Å². The van der Waals surface area contributed by atoms with Crippen LogP contribution in [0.3, 0.4) is 0 Å². The Kier molecular flexibility index (Phi) is 7.49. The van der Waals surface area contributed by atoms with E-state index >= 15 is 0 Å². The molecule has 5 heterocycles. The average Bonchev–Trinajstić information content (AvgIpc) is 3.41. The number of benzene rings is 3. The number of nitrogens with zero attached hydrogens (tertiary/aromatic N) is 4. The highest BCUT2D eigenvalue weighted by Gasteiger charge is 2.45. The molecule has 2 fully saturated rings. The van der Waals surface area contributed by atoms with E-state index in [0.717, 1.165) is 70.5 Å². The third-order valence-electron chi connectivity index (χ3n) is 10.9. The molecule has 0 radical (unpaired) electrons. The third kappa shape index (κ3) is 5.30. The predicted molar refractivity (Wildman–Crippen MR) is 193 cm³/mol. The van der Waals surface area contributed by atoms with Crippen LogP contribution in [0, 0.1) is 6.92 Å². The number of hydrogen-bond donors (Lipinski definition) is 0. The van der Waals surface area contributed by atoms with Crippen LogP contribution in [-0.2, 0) is 27.6 Å². The van der Waals surface area contributed by atoms with Crippen molar-refractivity contribution < 1.29 is 13.2 Å². The van der Waals surface area contributed by atoms with Gasteiger partial charge in [-0.05, 0) is 91.1 Å². The molecular weight excluding hydrogens is 629 g/mol. The molecule has 0 spiro atoms. The van der Waals surface area contributed by atoms with E-state index in [1.54, 1.807) is 36.7 Å². The monoisotopic (exact) mass is 666 g/mol. The summed E-state index contributed by atoms with van der Waals surface area (Å²) in [7, 11) is -3.89. The van der Waals surface area contributed by atoms with Crippen LogP contribution in [-0.4, -0.2) is 58.6 Å². The Balaban J connectivity index is 1.10. The van der Waals surface area contributed by atoms with Gasteiger partial charge in [-0.15, -0.1) is 0 Å². The average molecular weight is 667 g/mol. The minimum Gasteiger partial charge on any atom is -0.378 e. The van der Waals surface area contributed by atoms with Gasteiger partial charge in [0.1, 0.15) is 0 Å². The molecule has 3 aromatic heterocycles. The van der Waals surface area contributed by atoms with Crippen molar-refractivity contribution in [2.45, 2.75) is 62.0 Å². The number of ether oxygens (including phenoxy) is 1. The topological polar surface area (TPSA) is 77.3 Å². The Morgan fingerprint density at radius 2 is 1.47 bits per heavy atom. The molecule has 6 aromatic rings. The second kappa shape index (κ2) is 12.1. The largest absolute Gasteiger partial charge is 0.378 e. The van der Waals surface area contributed by atoms with E-state index in [9.17, 15) is 8.42 Å². The van der Waals surface area contributed by atoms with Crippen molar-refractivity contribution in [3.8, 4) is 33.5 Å².